The van der Waals surface area contributed by atoms with Crippen molar-refractivity contribution in [2.75, 3.05) is 0 Å². The first-order chi connectivity index (χ1) is 4.51. The van der Waals surface area contributed by atoms with Crippen LogP contribution in [0.1, 0.15) is 26.2 Å². The van der Waals surface area contributed by atoms with Crippen LogP contribution in [-0.4, -0.2) is 21.8 Å². The molecule has 3 nitrogen and oxygen atoms in total. The third kappa shape index (κ3) is 1.48. The molecule has 1 fully saturated rings. The number of aliphatic carboxylic acids is 1. The molecule has 1 aliphatic carbocycles. The third-order valence-corrected chi connectivity index (χ3v) is 2.07. The summed E-state index contributed by atoms with van der Waals surface area (Å²) in [5, 5.41) is 17.9. The quantitative estimate of drug-likeness (QED) is 0.567. The van der Waals surface area contributed by atoms with E-state index in [1.165, 1.54) is 0 Å². The van der Waals surface area contributed by atoms with Gasteiger partial charge in [-0.05, 0) is 26.2 Å². The van der Waals surface area contributed by atoms with Gasteiger partial charge in [-0.15, -0.1) is 0 Å². The lowest BCUT2D eigenvalue weighted by molar-refractivity contribution is -0.142. The van der Waals surface area contributed by atoms with E-state index < -0.39 is 11.6 Å². The molecule has 0 aliphatic heterocycles. The molecule has 58 valence electrons. The summed E-state index contributed by atoms with van der Waals surface area (Å²) >= 11 is 0. The van der Waals surface area contributed by atoms with Crippen LogP contribution in [-0.2, 0) is 4.79 Å². The second-order valence-electron chi connectivity index (χ2n) is 3.27. The van der Waals surface area contributed by atoms with Crippen molar-refractivity contribution in [2.45, 2.75) is 31.8 Å². The van der Waals surface area contributed by atoms with Crippen LogP contribution in [0.3, 0.4) is 0 Å². The standard InChI is InChI=1S/C7H12O3/c1-7(10)3-2-5(4-7)6(8)9/h5,10H,2-4H2,1H3,(H,8,9)/t5-,7?/m1/s1. The highest BCUT2D eigenvalue weighted by molar-refractivity contribution is 5.70. The molecule has 0 spiro atoms. The predicted molar refractivity (Wildman–Crippen MR) is 35.6 cm³/mol. The summed E-state index contributed by atoms with van der Waals surface area (Å²) in [6.45, 7) is 1.69. The summed E-state index contributed by atoms with van der Waals surface area (Å²) in [6.07, 6.45) is 1.63. The fourth-order valence-corrected chi connectivity index (χ4v) is 1.43. The Morgan fingerprint density at radius 1 is 1.70 bits per heavy atom. The lowest BCUT2D eigenvalue weighted by Crippen LogP contribution is -2.20. The normalized spacial score (nSPS) is 40.0. The molecule has 1 aliphatic rings. The van der Waals surface area contributed by atoms with E-state index in [9.17, 15) is 9.90 Å². The van der Waals surface area contributed by atoms with Gasteiger partial charge in [0.25, 0.3) is 0 Å². The Kier molecular flexibility index (Phi) is 1.68. The second-order valence-corrected chi connectivity index (χ2v) is 3.27. The summed E-state index contributed by atoms with van der Waals surface area (Å²) in [5.41, 5.74) is -0.733. The van der Waals surface area contributed by atoms with Gasteiger partial charge >= 0.3 is 5.97 Å². The molecule has 10 heavy (non-hydrogen) atoms. The molecule has 2 atom stereocenters. The van der Waals surface area contributed by atoms with E-state index in [-0.39, 0.29) is 5.92 Å². The Hall–Kier alpha value is -0.570. The smallest absolute Gasteiger partial charge is 0.306 e. The van der Waals surface area contributed by atoms with Gasteiger partial charge in [-0.25, -0.2) is 0 Å². The van der Waals surface area contributed by atoms with E-state index in [0.29, 0.717) is 19.3 Å². The van der Waals surface area contributed by atoms with Crippen LogP contribution in [0, 0.1) is 5.92 Å². The second kappa shape index (κ2) is 2.23. The Bertz CT molecular complexity index is 151. The third-order valence-electron chi connectivity index (χ3n) is 2.07. The summed E-state index contributed by atoms with van der Waals surface area (Å²) in [6, 6.07) is 0. The van der Waals surface area contributed by atoms with Gasteiger partial charge in [0, 0.05) is 0 Å². The van der Waals surface area contributed by atoms with Crippen molar-refractivity contribution >= 4 is 5.97 Å². The number of carbonyl (C=O) groups is 1. The molecule has 1 unspecified atom stereocenters. The van der Waals surface area contributed by atoms with Crippen molar-refractivity contribution in [2.24, 2.45) is 5.92 Å². The largest absolute Gasteiger partial charge is 0.481 e. The molecule has 0 saturated heterocycles. The maximum absolute atomic E-state index is 10.4. The van der Waals surface area contributed by atoms with Gasteiger partial charge in [-0.3, -0.25) is 4.79 Å². The van der Waals surface area contributed by atoms with Gasteiger partial charge < -0.3 is 10.2 Å². The molecular formula is C7H12O3. The Morgan fingerprint density at radius 3 is 2.50 bits per heavy atom. The summed E-state index contributed by atoms with van der Waals surface area (Å²) < 4.78 is 0. The van der Waals surface area contributed by atoms with E-state index >= 15 is 0 Å². The minimum Gasteiger partial charge on any atom is -0.481 e. The SMILES string of the molecule is CC1(O)CC[C@@H](C(=O)O)C1. The fraction of sp³-hybridized carbons (Fsp3) is 0.857. The zero-order chi connectivity index (χ0) is 7.78. The minimum absolute atomic E-state index is 0.324. The molecule has 0 radical (unpaired) electrons. The van der Waals surface area contributed by atoms with E-state index in [0.717, 1.165) is 0 Å². The fourth-order valence-electron chi connectivity index (χ4n) is 1.43. The number of aliphatic hydroxyl groups is 1. The van der Waals surface area contributed by atoms with Crippen molar-refractivity contribution < 1.29 is 15.0 Å². The average molecular weight is 144 g/mol. The van der Waals surface area contributed by atoms with Crippen LogP contribution in [0.2, 0.25) is 0 Å². The van der Waals surface area contributed by atoms with Crippen molar-refractivity contribution in [3.63, 3.8) is 0 Å². The first-order valence-electron chi connectivity index (χ1n) is 3.46. The number of hydrogen-bond donors (Lipinski definition) is 2. The first kappa shape index (κ1) is 7.54. The highest BCUT2D eigenvalue weighted by atomic mass is 16.4. The zero-order valence-electron chi connectivity index (χ0n) is 6.00. The zero-order valence-corrected chi connectivity index (χ0v) is 6.00. The van der Waals surface area contributed by atoms with Crippen molar-refractivity contribution in [1.29, 1.82) is 0 Å². The topological polar surface area (TPSA) is 57.5 Å². The van der Waals surface area contributed by atoms with Crippen LogP contribution in [0.5, 0.6) is 0 Å². The van der Waals surface area contributed by atoms with Crippen molar-refractivity contribution in [3.8, 4) is 0 Å². The van der Waals surface area contributed by atoms with Crippen molar-refractivity contribution in [1.82, 2.24) is 0 Å². The molecule has 0 aromatic carbocycles. The van der Waals surface area contributed by atoms with Crippen molar-refractivity contribution in [3.05, 3.63) is 0 Å². The molecule has 0 aromatic heterocycles. The number of rotatable bonds is 1. The van der Waals surface area contributed by atoms with Crippen LogP contribution < -0.4 is 0 Å². The van der Waals surface area contributed by atoms with Gasteiger partial charge in [0.05, 0.1) is 11.5 Å². The van der Waals surface area contributed by atoms with Gasteiger partial charge in [0.1, 0.15) is 0 Å². The monoisotopic (exact) mass is 144 g/mol. The van der Waals surface area contributed by atoms with Crippen LogP contribution in [0.4, 0.5) is 0 Å². The molecule has 1 rings (SSSR count). The average Bonchev–Trinajstić information content (AvgIpc) is 2.10. The van der Waals surface area contributed by atoms with E-state index in [1.54, 1.807) is 6.92 Å². The molecule has 0 aromatic rings. The highest BCUT2D eigenvalue weighted by Gasteiger charge is 2.36. The molecule has 3 heteroatoms. The van der Waals surface area contributed by atoms with Gasteiger partial charge in [-0.2, -0.15) is 0 Å². The Balaban J connectivity index is 2.51. The first-order valence-corrected chi connectivity index (χ1v) is 3.46. The molecule has 0 amide bonds. The Morgan fingerprint density at radius 2 is 2.30 bits per heavy atom. The summed E-state index contributed by atoms with van der Waals surface area (Å²) in [5.74, 6) is -1.10. The van der Waals surface area contributed by atoms with Crippen LogP contribution in [0.25, 0.3) is 0 Å². The van der Waals surface area contributed by atoms with Gasteiger partial charge in [0.15, 0.2) is 0 Å². The van der Waals surface area contributed by atoms with Crippen LogP contribution in [0.15, 0.2) is 0 Å². The lowest BCUT2D eigenvalue weighted by atomic mass is 10.0. The number of hydrogen-bond acceptors (Lipinski definition) is 2. The number of carboxylic acid groups (broad SMARTS) is 1. The molecular weight excluding hydrogens is 132 g/mol. The molecule has 1 saturated carbocycles. The van der Waals surface area contributed by atoms with Gasteiger partial charge in [-0.1, -0.05) is 0 Å². The lowest BCUT2D eigenvalue weighted by Gasteiger charge is -2.13. The summed E-state index contributed by atoms with van der Waals surface area (Å²) in [4.78, 5) is 10.4. The van der Waals surface area contributed by atoms with E-state index in [1.807, 2.05) is 0 Å². The minimum atomic E-state index is -0.780. The molecule has 0 bridgehead atoms. The predicted octanol–water partition coefficient (Wildman–Crippen LogP) is 0.622. The van der Waals surface area contributed by atoms with E-state index in [2.05, 4.69) is 0 Å². The van der Waals surface area contributed by atoms with Crippen LogP contribution >= 0.6 is 0 Å². The van der Waals surface area contributed by atoms with E-state index in [4.69, 9.17) is 5.11 Å². The Labute approximate surface area is 59.7 Å². The van der Waals surface area contributed by atoms with Gasteiger partial charge in [0.2, 0.25) is 0 Å². The highest BCUT2D eigenvalue weighted by Crippen LogP contribution is 2.33. The number of carboxylic acids is 1. The molecule has 0 heterocycles. The summed E-state index contributed by atoms with van der Waals surface area (Å²) in [7, 11) is 0. The maximum atomic E-state index is 10.4. The maximum Gasteiger partial charge on any atom is 0.306 e. The molecule has 2 N–H and O–H groups in total.